The van der Waals surface area contributed by atoms with Gasteiger partial charge in [0, 0.05) is 11.7 Å². The van der Waals surface area contributed by atoms with Gasteiger partial charge in [0.1, 0.15) is 6.54 Å². The molecule has 0 aliphatic heterocycles. The first-order valence-electron chi connectivity index (χ1n) is 9.78. The summed E-state index contributed by atoms with van der Waals surface area (Å²) < 4.78 is 1.83. The van der Waals surface area contributed by atoms with E-state index in [1.165, 1.54) is 38.5 Å². The predicted octanol–water partition coefficient (Wildman–Crippen LogP) is 3.61. The van der Waals surface area contributed by atoms with E-state index in [2.05, 4.69) is 17.3 Å². The molecule has 4 aliphatic carbocycles. The van der Waals surface area contributed by atoms with Crippen LogP contribution in [0.4, 0.5) is 0 Å². The second kappa shape index (κ2) is 5.89. The van der Waals surface area contributed by atoms with Crippen LogP contribution in [-0.2, 0) is 11.3 Å². The van der Waals surface area contributed by atoms with Crippen molar-refractivity contribution in [3.8, 4) is 0 Å². The minimum absolute atomic E-state index is 0.129. The third kappa shape index (κ3) is 2.78. The molecule has 1 heterocycles. The standard InChI is InChI=1S/C20H31N3O/c1-4-18(21-19(24)12-23-14(3)5-13(2)22-23)20-9-15-6-16(10-20)8-17(7-15)11-20/h5,15-18H,4,6-12H2,1-3H3,(H,21,24). The van der Waals surface area contributed by atoms with Crippen molar-refractivity contribution in [2.24, 2.45) is 23.2 Å². The third-order valence-corrected chi connectivity index (χ3v) is 6.97. The van der Waals surface area contributed by atoms with Gasteiger partial charge in [0.25, 0.3) is 0 Å². The second-order valence-electron chi connectivity index (χ2n) is 8.89. The van der Waals surface area contributed by atoms with Gasteiger partial charge in [0.15, 0.2) is 0 Å². The Morgan fingerprint density at radius 3 is 2.29 bits per heavy atom. The number of rotatable bonds is 5. The molecule has 4 nitrogen and oxygen atoms in total. The Labute approximate surface area is 145 Å². The van der Waals surface area contributed by atoms with Crippen LogP contribution in [0.3, 0.4) is 0 Å². The first kappa shape index (κ1) is 16.2. The van der Waals surface area contributed by atoms with Crippen molar-refractivity contribution in [1.82, 2.24) is 15.1 Å². The highest BCUT2D eigenvalue weighted by Gasteiger charge is 2.53. The van der Waals surface area contributed by atoms with Crippen molar-refractivity contribution in [2.45, 2.75) is 78.3 Å². The SMILES string of the molecule is CCC(NC(=O)Cn1nc(C)cc1C)C12CC3CC(CC(C3)C1)C2. The molecule has 1 aromatic heterocycles. The van der Waals surface area contributed by atoms with Gasteiger partial charge in [-0.25, -0.2) is 0 Å². The maximum Gasteiger partial charge on any atom is 0.241 e. The lowest BCUT2D eigenvalue weighted by Crippen LogP contribution is -2.57. The number of carbonyl (C=O) groups is 1. The number of carbonyl (C=O) groups excluding carboxylic acids is 1. The summed E-state index contributed by atoms with van der Waals surface area (Å²) in [7, 11) is 0. The molecule has 1 atom stereocenters. The van der Waals surface area contributed by atoms with Crippen LogP contribution in [0.2, 0.25) is 0 Å². The van der Waals surface area contributed by atoms with Gasteiger partial charge in [-0.05, 0) is 88.0 Å². The monoisotopic (exact) mass is 329 g/mol. The molecule has 1 amide bonds. The van der Waals surface area contributed by atoms with Crippen LogP contribution < -0.4 is 5.32 Å². The quantitative estimate of drug-likeness (QED) is 0.897. The van der Waals surface area contributed by atoms with Gasteiger partial charge in [0.2, 0.25) is 5.91 Å². The summed E-state index contributed by atoms with van der Waals surface area (Å²) in [6, 6.07) is 2.37. The lowest BCUT2D eigenvalue weighted by Gasteiger charge is -2.59. The third-order valence-electron chi connectivity index (χ3n) is 6.97. The van der Waals surface area contributed by atoms with Crippen molar-refractivity contribution in [3.05, 3.63) is 17.5 Å². The molecule has 0 saturated heterocycles. The van der Waals surface area contributed by atoms with Crippen LogP contribution >= 0.6 is 0 Å². The first-order chi connectivity index (χ1) is 11.5. The Morgan fingerprint density at radius 1 is 1.25 bits per heavy atom. The number of nitrogens with zero attached hydrogens (tertiary/aromatic N) is 2. The molecule has 0 spiro atoms. The van der Waals surface area contributed by atoms with Crippen LogP contribution in [0.1, 0.15) is 63.3 Å². The Morgan fingerprint density at radius 2 is 1.83 bits per heavy atom. The van der Waals surface area contributed by atoms with Crippen molar-refractivity contribution >= 4 is 5.91 Å². The lowest BCUT2D eigenvalue weighted by atomic mass is 9.47. The van der Waals surface area contributed by atoms with E-state index in [1.807, 2.05) is 24.6 Å². The average molecular weight is 329 g/mol. The average Bonchev–Trinajstić information content (AvgIpc) is 2.81. The van der Waals surface area contributed by atoms with Gasteiger partial charge in [0.05, 0.1) is 5.69 Å². The zero-order valence-corrected chi connectivity index (χ0v) is 15.3. The van der Waals surface area contributed by atoms with Gasteiger partial charge in [-0.15, -0.1) is 0 Å². The minimum Gasteiger partial charge on any atom is -0.351 e. The maximum absolute atomic E-state index is 12.7. The van der Waals surface area contributed by atoms with Crippen molar-refractivity contribution < 1.29 is 4.79 Å². The van der Waals surface area contributed by atoms with E-state index in [9.17, 15) is 4.79 Å². The zero-order valence-electron chi connectivity index (χ0n) is 15.3. The van der Waals surface area contributed by atoms with E-state index in [0.29, 0.717) is 18.0 Å². The van der Waals surface area contributed by atoms with E-state index in [1.54, 1.807) is 0 Å². The molecule has 4 heteroatoms. The fourth-order valence-corrected chi connectivity index (χ4v) is 6.50. The number of aryl methyl sites for hydroxylation is 2. The van der Waals surface area contributed by atoms with Gasteiger partial charge >= 0.3 is 0 Å². The van der Waals surface area contributed by atoms with Crippen LogP contribution in [0.5, 0.6) is 0 Å². The number of hydrogen-bond acceptors (Lipinski definition) is 2. The van der Waals surface area contributed by atoms with E-state index in [0.717, 1.165) is 35.6 Å². The minimum atomic E-state index is 0.129. The van der Waals surface area contributed by atoms with Crippen LogP contribution in [0.15, 0.2) is 6.07 Å². The Bertz CT molecular complexity index is 598. The summed E-state index contributed by atoms with van der Waals surface area (Å²) in [4.78, 5) is 12.7. The molecule has 24 heavy (non-hydrogen) atoms. The summed E-state index contributed by atoms with van der Waals surface area (Å²) in [6.07, 6.45) is 9.45. The highest BCUT2D eigenvalue weighted by molar-refractivity contribution is 5.76. The van der Waals surface area contributed by atoms with Gasteiger partial charge in [-0.3, -0.25) is 9.48 Å². The molecule has 4 bridgehead atoms. The first-order valence-corrected chi connectivity index (χ1v) is 9.78. The molecule has 4 fully saturated rings. The molecule has 4 saturated carbocycles. The van der Waals surface area contributed by atoms with Crippen LogP contribution in [0.25, 0.3) is 0 Å². The Hall–Kier alpha value is -1.32. The highest BCUT2D eigenvalue weighted by atomic mass is 16.2. The summed E-state index contributed by atoms with van der Waals surface area (Å²) in [6.45, 7) is 6.59. The molecule has 1 N–H and O–H groups in total. The second-order valence-corrected chi connectivity index (χ2v) is 8.89. The van der Waals surface area contributed by atoms with E-state index < -0.39 is 0 Å². The molecule has 5 rings (SSSR count). The zero-order chi connectivity index (χ0) is 16.9. The Kier molecular flexibility index (Phi) is 3.97. The summed E-state index contributed by atoms with van der Waals surface area (Å²) >= 11 is 0. The number of aromatic nitrogens is 2. The summed E-state index contributed by atoms with van der Waals surface area (Å²) in [5.41, 5.74) is 2.42. The topological polar surface area (TPSA) is 46.9 Å². The van der Waals surface area contributed by atoms with Gasteiger partial charge < -0.3 is 5.32 Å². The molecule has 1 aromatic rings. The Balaban J connectivity index is 1.46. The molecular formula is C20H31N3O. The fraction of sp³-hybridized carbons (Fsp3) is 0.800. The number of amides is 1. The summed E-state index contributed by atoms with van der Waals surface area (Å²) in [5, 5.41) is 7.84. The molecule has 0 radical (unpaired) electrons. The van der Waals surface area contributed by atoms with Crippen LogP contribution in [0, 0.1) is 37.0 Å². The normalized spacial score (nSPS) is 35.2. The fourth-order valence-electron chi connectivity index (χ4n) is 6.50. The van der Waals surface area contributed by atoms with Gasteiger partial charge in [-0.1, -0.05) is 6.92 Å². The van der Waals surface area contributed by atoms with Gasteiger partial charge in [-0.2, -0.15) is 5.10 Å². The molecule has 132 valence electrons. The van der Waals surface area contributed by atoms with E-state index >= 15 is 0 Å². The lowest BCUT2D eigenvalue weighted by molar-refractivity contribution is -0.127. The predicted molar refractivity (Wildman–Crippen MR) is 94.5 cm³/mol. The van der Waals surface area contributed by atoms with E-state index in [-0.39, 0.29) is 5.91 Å². The van der Waals surface area contributed by atoms with Crippen LogP contribution in [-0.4, -0.2) is 21.7 Å². The van der Waals surface area contributed by atoms with Crippen molar-refractivity contribution in [2.75, 3.05) is 0 Å². The van der Waals surface area contributed by atoms with Crippen molar-refractivity contribution in [1.29, 1.82) is 0 Å². The molecule has 4 aliphatic rings. The number of nitrogens with one attached hydrogen (secondary N) is 1. The molecule has 1 unspecified atom stereocenters. The van der Waals surface area contributed by atoms with E-state index in [4.69, 9.17) is 0 Å². The highest BCUT2D eigenvalue weighted by Crippen LogP contribution is 2.61. The largest absolute Gasteiger partial charge is 0.351 e. The summed E-state index contributed by atoms with van der Waals surface area (Å²) in [5.74, 6) is 2.92. The maximum atomic E-state index is 12.7. The molecule has 0 aromatic carbocycles. The van der Waals surface area contributed by atoms with Crippen molar-refractivity contribution in [3.63, 3.8) is 0 Å². The molecular weight excluding hydrogens is 298 g/mol. The smallest absolute Gasteiger partial charge is 0.241 e. The number of hydrogen-bond donors (Lipinski definition) is 1.